The zero-order valence-corrected chi connectivity index (χ0v) is 10.2. The number of aromatic amines is 1. The fraction of sp³-hybridized carbons (Fsp3) is 0.538. The van der Waals surface area contributed by atoms with E-state index in [1.807, 2.05) is 0 Å². The SMILES string of the molecule is O=C(Cl)c1cc2c([nH]c1=O)C1CCCCC1C2. The van der Waals surface area contributed by atoms with Gasteiger partial charge in [0.2, 0.25) is 0 Å². The van der Waals surface area contributed by atoms with E-state index in [-0.39, 0.29) is 11.1 Å². The Kier molecular flexibility index (Phi) is 2.58. The molecule has 2 atom stereocenters. The van der Waals surface area contributed by atoms with Crippen molar-refractivity contribution in [3.8, 4) is 0 Å². The maximum absolute atomic E-state index is 11.7. The molecule has 4 heteroatoms. The Morgan fingerprint density at radius 1 is 1.35 bits per heavy atom. The molecule has 1 saturated carbocycles. The van der Waals surface area contributed by atoms with Crippen molar-refractivity contribution in [1.82, 2.24) is 4.98 Å². The summed E-state index contributed by atoms with van der Waals surface area (Å²) in [6, 6.07) is 1.70. The van der Waals surface area contributed by atoms with Gasteiger partial charge in [-0.15, -0.1) is 0 Å². The van der Waals surface area contributed by atoms with Crippen LogP contribution in [0.15, 0.2) is 10.9 Å². The molecule has 3 nitrogen and oxygen atoms in total. The fourth-order valence-corrected chi connectivity index (χ4v) is 3.49. The lowest BCUT2D eigenvalue weighted by molar-refractivity contribution is 0.108. The fourth-order valence-electron chi connectivity index (χ4n) is 3.35. The molecule has 1 aromatic heterocycles. The van der Waals surface area contributed by atoms with Crippen LogP contribution in [-0.4, -0.2) is 10.2 Å². The van der Waals surface area contributed by atoms with Gasteiger partial charge in [0.05, 0.1) is 5.56 Å². The zero-order chi connectivity index (χ0) is 12.0. The number of fused-ring (bicyclic) bond motifs is 3. The predicted octanol–water partition coefficient (Wildman–Crippen LogP) is 2.58. The van der Waals surface area contributed by atoms with Crippen LogP contribution in [0.5, 0.6) is 0 Å². The number of carbonyl (C=O) groups is 1. The van der Waals surface area contributed by atoms with Crippen LogP contribution >= 0.6 is 11.6 Å². The zero-order valence-electron chi connectivity index (χ0n) is 9.46. The van der Waals surface area contributed by atoms with Crippen LogP contribution in [0.1, 0.15) is 53.2 Å². The highest BCUT2D eigenvalue weighted by Gasteiger charge is 2.35. The van der Waals surface area contributed by atoms with E-state index in [1.165, 1.54) is 19.3 Å². The minimum Gasteiger partial charge on any atom is -0.325 e. The Bertz CT molecular complexity index is 535. The highest BCUT2D eigenvalue weighted by atomic mass is 35.5. The van der Waals surface area contributed by atoms with Crippen molar-refractivity contribution in [2.75, 3.05) is 0 Å². The third-order valence-corrected chi connectivity index (χ3v) is 4.33. The first-order valence-electron chi connectivity index (χ1n) is 6.12. The van der Waals surface area contributed by atoms with Crippen molar-refractivity contribution in [3.63, 3.8) is 0 Å². The van der Waals surface area contributed by atoms with Crippen molar-refractivity contribution in [2.24, 2.45) is 5.92 Å². The van der Waals surface area contributed by atoms with Gasteiger partial charge in [-0.1, -0.05) is 12.8 Å². The number of H-pyrrole nitrogens is 1. The van der Waals surface area contributed by atoms with Crippen molar-refractivity contribution in [2.45, 2.75) is 38.0 Å². The Morgan fingerprint density at radius 3 is 2.88 bits per heavy atom. The molecule has 17 heavy (non-hydrogen) atoms. The molecule has 3 rings (SSSR count). The van der Waals surface area contributed by atoms with E-state index in [1.54, 1.807) is 6.07 Å². The number of hydrogen-bond donors (Lipinski definition) is 1. The molecule has 2 aliphatic carbocycles. The molecular weight excluding hydrogens is 238 g/mol. The molecule has 1 fully saturated rings. The number of carbonyl (C=O) groups excluding carboxylic acids is 1. The Morgan fingerprint density at radius 2 is 2.12 bits per heavy atom. The molecule has 1 N–H and O–H groups in total. The van der Waals surface area contributed by atoms with Crippen LogP contribution in [0, 0.1) is 5.92 Å². The van der Waals surface area contributed by atoms with Crippen molar-refractivity contribution in [1.29, 1.82) is 0 Å². The van der Waals surface area contributed by atoms with E-state index >= 15 is 0 Å². The number of pyridine rings is 1. The quantitative estimate of drug-likeness (QED) is 0.780. The van der Waals surface area contributed by atoms with Gasteiger partial charge >= 0.3 is 0 Å². The topological polar surface area (TPSA) is 49.9 Å². The lowest BCUT2D eigenvalue weighted by atomic mass is 9.81. The molecule has 0 aromatic carbocycles. The van der Waals surface area contributed by atoms with E-state index in [0.717, 1.165) is 24.1 Å². The van der Waals surface area contributed by atoms with Crippen LogP contribution < -0.4 is 5.56 Å². The van der Waals surface area contributed by atoms with Crippen LogP contribution in [0.3, 0.4) is 0 Å². The van der Waals surface area contributed by atoms with Crippen LogP contribution in [0.4, 0.5) is 0 Å². The van der Waals surface area contributed by atoms with Gasteiger partial charge in [0.25, 0.3) is 10.8 Å². The molecule has 0 saturated heterocycles. The largest absolute Gasteiger partial charge is 0.325 e. The molecule has 0 spiro atoms. The Balaban J connectivity index is 2.08. The van der Waals surface area contributed by atoms with Gasteiger partial charge in [-0.25, -0.2) is 0 Å². The van der Waals surface area contributed by atoms with E-state index in [0.29, 0.717) is 11.8 Å². The number of rotatable bonds is 1. The molecule has 2 unspecified atom stereocenters. The summed E-state index contributed by atoms with van der Waals surface area (Å²) in [6.07, 6.45) is 5.88. The van der Waals surface area contributed by atoms with Crippen molar-refractivity contribution < 1.29 is 4.79 Å². The number of nitrogens with one attached hydrogen (secondary N) is 1. The third-order valence-electron chi connectivity index (χ3n) is 4.13. The van der Waals surface area contributed by atoms with Gasteiger partial charge in [0.15, 0.2) is 0 Å². The van der Waals surface area contributed by atoms with Crippen molar-refractivity contribution in [3.05, 3.63) is 33.2 Å². The lowest BCUT2D eigenvalue weighted by Gasteiger charge is -2.24. The Hall–Kier alpha value is -1.09. The summed E-state index contributed by atoms with van der Waals surface area (Å²) < 4.78 is 0. The van der Waals surface area contributed by atoms with E-state index in [4.69, 9.17) is 11.6 Å². The summed E-state index contributed by atoms with van der Waals surface area (Å²) in [5.41, 5.74) is 1.92. The van der Waals surface area contributed by atoms with Gasteiger partial charge in [0.1, 0.15) is 0 Å². The van der Waals surface area contributed by atoms with Crippen LogP contribution in [-0.2, 0) is 6.42 Å². The molecule has 1 heterocycles. The first-order valence-corrected chi connectivity index (χ1v) is 6.50. The number of aromatic nitrogens is 1. The van der Waals surface area contributed by atoms with Crippen molar-refractivity contribution >= 4 is 16.8 Å². The smallest absolute Gasteiger partial charge is 0.260 e. The minimum atomic E-state index is -0.663. The molecule has 0 amide bonds. The average Bonchev–Trinajstić information content (AvgIpc) is 2.65. The molecule has 2 aliphatic rings. The second kappa shape index (κ2) is 3.98. The van der Waals surface area contributed by atoms with Crippen LogP contribution in [0.2, 0.25) is 0 Å². The van der Waals surface area contributed by atoms with Crippen LogP contribution in [0.25, 0.3) is 0 Å². The van der Waals surface area contributed by atoms with Gasteiger partial charge in [-0.3, -0.25) is 9.59 Å². The molecule has 0 aliphatic heterocycles. The highest BCUT2D eigenvalue weighted by Crippen LogP contribution is 2.45. The Labute approximate surface area is 104 Å². The molecule has 1 aromatic rings. The third kappa shape index (κ3) is 1.73. The summed E-state index contributed by atoms with van der Waals surface area (Å²) in [7, 11) is 0. The van der Waals surface area contributed by atoms with Gasteiger partial charge in [-0.2, -0.15) is 0 Å². The lowest BCUT2D eigenvalue weighted by Crippen LogP contribution is -2.19. The standard InChI is InChI=1S/C13H14ClNO2/c14-12(16)10-6-8-5-7-3-1-2-4-9(7)11(8)15-13(10)17/h6-7,9H,1-5H2,(H,15,17). The monoisotopic (exact) mass is 251 g/mol. The maximum atomic E-state index is 11.7. The maximum Gasteiger partial charge on any atom is 0.260 e. The summed E-state index contributed by atoms with van der Waals surface area (Å²) in [4.78, 5) is 25.7. The normalized spacial score (nSPS) is 26.4. The van der Waals surface area contributed by atoms with E-state index < -0.39 is 5.24 Å². The summed E-state index contributed by atoms with van der Waals surface area (Å²) in [5.74, 6) is 1.14. The summed E-state index contributed by atoms with van der Waals surface area (Å²) in [5, 5.41) is -0.663. The number of hydrogen-bond acceptors (Lipinski definition) is 2. The second-order valence-corrected chi connectivity index (χ2v) is 5.42. The minimum absolute atomic E-state index is 0.0871. The molecule has 0 radical (unpaired) electrons. The summed E-state index contributed by atoms with van der Waals surface area (Å²) >= 11 is 5.40. The van der Waals surface area contributed by atoms with Gasteiger partial charge < -0.3 is 4.98 Å². The first-order chi connectivity index (χ1) is 8.16. The molecular formula is C13H14ClNO2. The van der Waals surface area contributed by atoms with Gasteiger partial charge in [-0.05, 0) is 48.4 Å². The number of halogens is 1. The predicted molar refractivity (Wildman–Crippen MR) is 65.6 cm³/mol. The molecule has 90 valence electrons. The van der Waals surface area contributed by atoms with Gasteiger partial charge in [0, 0.05) is 11.6 Å². The second-order valence-electron chi connectivity index (χ2n) is 5.08. The van der Waals surface area contributed by atoms with E-state index in [9.17, 15) is 9.59 Å². The van der Waals surface area contributed by atoms with E-state index in [2.05, 4.69) is 4.98 Å². The first kappa shape index (κ1) is 11.0. The average molecular weight is 252 g/mol. The highest BCUT2D eigenvalue weighted by molar-refractivity contribution is 6.67. The summed E-state index contributed by atoms with van der Waals surface area (Å²) in [6.45, 7) is 0. The molecule has 0 bridgehead atoms.